The molecule has 0 aliphatic heterocycles. The molecule has 0 aliphatic carbocycles. The molecule has 1 aromatic rings. The van der Waals surface area contributed by atoms with Crippen LogP contribution in [0.2, 0.25) is 0 Å². The van der Waals surface area contributed by atoms with Crippen molar-refractivity contribution in [2.24, 2.45) is 0 Å². The Kier molecular flexibility index (Phi) is 2.83. The van der Waals surface area contributed by atoms with E-state index in [0.29, 0.717) is 16.1 Å². The molecule has 0 aromatic heterocycles. The van der Waals surface area contributed by atoms with E-state index in [1.54, 1.807) is 25.1 Å². The van der Waals surface area contributed by atoms with Crippen molar-refractivity contribution in [1.82, 2.24) is 0 Å². The van der Waals surface area contributed by atoms with Gasteiger partial charge in [-0.25, -0.2) is 0 Å². The third-order valence-corrected chi connectivity index (χ3v) is 2.28. The van der Waals surface area contributed by atoms with Gasteiger partial charge in [-0.1, -0.05) is 6.07 Å². The van der Waals surface area contributed by atoms with Crippen LogP contribution in [0.1, 0.15) is 18.4 Å². The molecule has 0 heterocycles. The van der Waals surface area contributed by atoms with Crippen LogP contribution in [0.4, 0.5) is 5.69 Å². The highest BCUT2D eigenvalue weighted by molar-refractivity contribution is 7.80. The lowest BCUT2D eigenvalue weighted by Gasteiger charge is -2.09. The molecular formula is C9H11NO2S. The summed E-state index contributed by atoms with van der Waals surface area (Å²) in [5.41, 5.74) is 6.78. The number of nitrogens with two attached hydrogens (primary N) is 1. The standard InChI is InChI=1S/C9H11NO2S/c1-5(9(11)12)7-3-2-6(10)4-8(7)13/h2-5,13H,10H2,1H3,(H,11,12). The van der Waals surface area contributed by atoms with E-state index < -0.39 is 11.9 Å². The summed E-state index contributed by atoms with van der Waals surface area (Å²) >= 11 is 4.16. The highest BCUT2D eigenvalue weighted by Crippen LogP contribution is 2.24. The van der Waals surface area contributed by atoms with Gasteiger partial charge in [0.1, 0.15) is 0 Å². The summed E-state index contributed by atoms with van der Waals surface area (Å²) in [7, 11) is 0. The lowest BCUT2D eigenvalue weighted by molar-refractivity contribution is -0.138. The Morgan fingerprint density at radius 3 is 2.69 bits per heavy atom. The van der Waals surface area contributed by atoms with Gasteiger partial charge < -0.3 is 10.8 Å². The number of nitrogen functional groups attached to an aromatic ring is 1. The van der Waals surface area contributed by atoms with E-state index in [9.17, 15) is 4.79 Å². The molecule has 3 N–H and O–H groups in total. The topological polar surface area (TPSA) is 63.3 Å². The maximum absolute atomic E-state index is 10.7. The fourth-order valence-electron chi connectivity index (χ4n) is 1.06. The van der Waals surface area contributed by atoms with Gasteiger partial charge in [0.2, 0.25) is 0 Å². The van der Waals surface area contributed by atoms with Crippen LogP contribution in [-0.2, 0) is 4.79 Å². The van der Waals surface area contributed by atoms with E-state index in [0.717, 1.165) is 0 Å². The molecule has 0 aliphatic rings. The van der Waals surface area contributed by atoms with Gasteiger partial charge in [-0.2, -0.15) is 0 Å². The second-order valence-corrected chi connectivity index (χ2v) is 3.36. The molecule has 0 fully saturated rings. The molecule has 0 amide bonds. The number of aliphatic carboxylic acids is 1. The number of carboxylic acid groups (broad SMARTS) is 1. The zero-order chi connectivity index (χ0) is 10.0. The number of benzene rings is 1. The third-order valence-electron chi connectivity index (χ3n) is 1.89. The normalized spacial score (nSPS) is 12.5. The minimum absolute atomic E-state index is 0.548. The first-order valence-corrected chi connectivity index (χ1v) is 4.28. The first kappa shape index (κ1) is 9.92. The molecule has 4 heteroatoms. The van der Waals surface area contributed by atoms with Gasteiger partial charge in [0, 0.05) is 10.6 Å². The van der Waals surface area contributed by atoms with Crippen molar-refractivity contribution in [2.45, 2.75) is 17.7 Å². The molecule has 1 unspecified atom stereocenters. The van der Waals surface area contributed by atoms with Crippen molar-refractivity contribution in [3.05, 3.63) is 23.8 Å². The van der Waals surface area contributed by atoms with Gasteiger partial charge in [-0.3, -0.25) is 4.79 Å². The zero-order valence-electron chi connectivity index (χ0n) is 7.19. The van der Waals surface area contributed by atoms with Crippen LogP contribution in [0.3, 0.4) is 0 Å². The number of thiol groups is 1. The number of hydrogen-bond acceptors (Lipinski definition) is 3. The summed E-state index contributed by atoms with van der Waals surface area (Å²) in [6.07, 6.45) is 0. The smallest absolute Gasteiger partial charge is 0.310 e. The number of anilines is 1. The van der Waals surface area contributed by atoms with E-state index >= 15 is 0 Å². The van der Waals surface area contributed by atoms with Gasteiger partial charge >= 0.3 is 5.97 Å². The van der Waals surface area contributed by atoms with Crippen LogP contribution in [0, 0.1) is 0 Å². The third kappa shape index (κ3) is 2.15. The van der Waals surface area contributed by atoms with Gasteiger partial charge in [-0.05, 0) is 24.6 Å². The van der Waals surface area contributed by atoms with E-state index in [4.69, 9.17) is 10.8 Å². The van der Waals surface area contributed by atoms with Crippen LogP contribution in [0.25, 0.3) is 0 Å². The number of rotatable bonds is 2. The first-order chi connectivity index (χ1) is 6.02. The second-order valence-electron chi connectivity index (χ2n) is 2.88. The van der Waals surface area contributed by atoms with Gasteiger partial charge in [0.15, 0.2) is 0 Å². The molecule has 70 valence electrons. The van der Waals surface area contributed by atoms with Crippen molar-refractivity contribution in [3.63, 3.8) is 0 Å². The van der Waals surface area contributed by atoms with Gasteiger partial charge in [-0.15, -0.1) is 12.6 Å². The maximum atomic E-state index is 10.7. The molecule has 13 heavy (non-hydrogen) atoms. The summed E-state index contributed by atoms with van der Waals surface area (Å²) in [5, 5.41) is 8.76. The fourth-order valence-corrected chi connectivity index (χ4v) is 1.48. The van der Waals surface area contributed by atoms with Crippen molar-refractivity contribution in [3.8, 4) is 0 Å². The SMILES string of the molecule is CC(C(=O)O)c1ccc(N)cc1S. The average Bonchev–Trinajstić information content (AvgIpc) is 2.03. The summed E-state index contributed by atoms with van der Waals surface area (Å²) in [6, 6.07) is 5.02. The molecule has 0 saturated carbocycles. The van der Waals surface area contributed by atoms with Crippen molar-refractivity contribution in [2.75, 3.05) is 5.73 Å². The molecule has 3 nitrogen and oxygen atoms in total. The molecule has 1 atom stereocenters. The summed E-state index contributed by atoms with van der Waals surface area (Å²) in [4.78, 5) is 11.3. The predicted molar refractivity (Wildman–Crippen MR) is 54.2 cm³/mol. The maximum Gasteiger partial charge on any atom is 0.310 e. The minimum atomic E-state index is -0.861. The highest BCUT2D eigenvalue weighted by atomic mass is 32.1. The van der Waals surface area contributed by atoms with Crippen LogP contribution in [0.15, 0.2) is 23.1 Å². The Hall–Kier alpha value is -1.16. The van der Waals surface area contributed by atoms with Crippen molar-refractivity contribution >= 4 is 24.3 Å². The number of carboxylic acids is 1. The van der Waals surface area contributed by atoms with E-state index in [1.165, 1.54) is 0 Å². The Morgan fingerprint density at radius 1 is 1.62 bits per heavy atom. The Labute approximate surface area is 82.0 Å². The second kappa shape index (κ2) is 3.70. The Balaban J connectivity index is 3.08. The largest absolute Gasteiger partial charge is 0.481 e. The number of hydrogen-bond donors (Lipinski definition) is 3. The van der Waals surface area contributed by atoms with E-state index in [-0.39, 0.29) is 0 Å². The van der Waals surface area contributed by atoms with Crippen LogP contribution in [-0.4, -0.2) is 11.1 Å². The fraction of sp³-hybridized carbons (Fsp3) is 0.222. The summed E-state index contributed by atoms with van der Waals surface area (Å²) < 4.78 is 0. The molecule has 0 radical (unpaired) electrons. The molecule has 0 bridgehead atoms. The average molecular weight is 197 g/mol. The zero-order valence-corrected chi connectivity index (χ0v) is 8.08. The van der Waals surface area contributed by atoms with Crippen LogP contribution in [0.5, 0.6) is 0 Å². The van der Waals surface area contributed by atoms with E-state index in [2.05, 4.69) is 12.6 Å². The summed E-state index contributed by atoms with van der Waals surface area (Å²) in [6.45, 7) is 1.62. The van der Waals surface area contributed by atoms with Crippen LogP contribution < -0.4 is 5.73 Å². The first-order valence-electron chi connectivity index (χ1n) is 3.83. The quantitative estimate of drug-likeness (QED) is 0.500. The molecule has 1 rings (SSSR count). The molecule has 0 saturated heterocycles. The lowest BCUT2D eigenvalue weighted by Crippen LogP contribution is -2.08. The van der Waals surface area contributed by atoms with Crippen molar-refractivity contribution in [1.29, 1.82) is 0 Å². The predicted octanol–water partition coefficient (Wildman–Crippen LogP) is 1.75. The number of carbonyl (C=O) groups is 1. The lowest BCUT2D eigenvalue weighted by atomic mass is 10.0. The monoisotopic (exact) mass is 197 g/mol. The highest BCUT2D eigenvalue weighted by Gasteiger charge is 2.15. The van der Waals surface area contributed by atoms with Gasteiger partial charge in [0.05, 0.1) is 5.92 Å². The summed E-state index contributed by atoms with van der Waals surface area (Å²) in [5.74, 6) is -1.41. The van der Waals surface area contributed by atoms with E-state index in [1.807, 2.05) is 0 Å². The Bertz CT molecular complexity index is 338. The molecule has 1 aromatic carbocycles. The Morgan fingerprint density at radius 2 is 2.23 bits per heavy atom. The molecule has 0 spiro atoms. The molecular weight excluding hydrogens is 186 g/mol. The minimum Gasteiger partial charge on any atom is -0.481 e. The van der Waals surface area contributed by atoms with Gasteiger partial charge in [0.25, 0.3) is 0 Å². The van der Waals surface area contributed by atoms with Crippen LogP contribution >= 0.6 is 12.6 Å². The van der Waals surface area contributed by atoms with Crippen molar-refractivity contribution < 1.29 is 9.90 Å².